The van der Waals surface area contributed by atoms with Gasteiger partial charge in [0.1, 0.15) is 0 Å². The van der Waals surface area contributed by atoms with Crippen LogP contribution in [0.15, 0.2) is 12.4 Å². The van der Waals surface area contributed by atoms with Gasteiger partial charge in [-0.05, 0) is 43.7 Å². The van der Waals surface area contributed by atoms with Crippen LogP contribution in [0.1, 0.15) is 42.9 Å². The summed E-state index contributed by atoms with van der Waals surface area (Å²) in [5, 5.41) is 0. The molecule has 0 unspecified atom stereocenters. The quantitative estimate of drug-likeness (QED) is 0.807. The fourth-order valence-corrected chi connectivity index (χ4v) is 2.07. The third-order valence-electron chi connectivity index (χ3n) is 2.92. The maximum absolute atomic E-state index is 5.68. The van der Waals surface area contributed by atoms with Crippen molar-refractivity contribution >= 4 is 24.8 Å². The summed E-state index contributed by atoms with van der Waals surface area (Å²) in [4.78, 5) is 4.26. The Hall–Kier alpha value is -0.750. The van der Waals surface area contributed by atoms with Gasteiger partial charge in [0.05, 0.1) is 0 Å². The number of nitrogens with two attached hydrogens (primary N) is 1. The highest BCUT2D eigenvalue weighted by molar-refractivity contribution is 5.85. The summed E-state index contributed by atoms with van der Waals surface area (Å²) in [6, 6.07) is 0.153. The molecule has 18 heavy (non-hydrogen) atoms. The van der Waals surface area contributed by atoms with Crippen molar-refractivity contribution in [2.75, 3.05) is 0 Å². The smallest absolute Gasteiger partial charge is 0.0463 e. The zero-order valence-electron chi connectivity index (χ0n) is 10.6. The second kappa shape index (κ2) is 8.37. The number of pyridine rings is 1. The molecule has 1 aliphatic rings. The van der Waals surface area contributed by atoms with Crippen molar-refractivity contribution in [1.82, 2.24) is 4.98 Å². The van der Waals surface area contributed by atoms with Crippen LogP contribution in [0.25, 0.3) is 0 Å². The molecule has 2 N–H and O–H groups in total. The van der Waals surface area contributed by atoms with E-state index >= 15 is 0 Å². The van der Waals surface area contributed by atoms with Crippen LogP contribution in [0.4, 0.5) is 0 Å². The van der Waals surface area contributed by atoms with Gasteiger partial charge in [-0.15, -0.1) is 24.8 Å². The fourth-order valence-electron chi connectivity index (χ4n) is 2.07. The van der Waals surface area contributed by atoms with E-state index in [-0.39, 0.29) is 30.9 Å². The summed E-state index contributed by atoms with van der Waals surface area (Å²) in [5.41, 5.74) is 9.59. The Balaban J connectivity index is 0.00000144. The zero-order chi connectivity index (χ0) is 11.4. The van der Waals surface area contributed by atoms with E-state index in [9.17, 15) is 0 Å². The van der Waals surface area contributed by atoms with Crippen LogP contribution in [0.2, 0.25) is 0 Å². The summed E-state index contributed by atoms with van der Waals surface area (Å²) in [5.74, 6) is 6.35. The predicted octanol–water partition coefficient (Wildman–Crippen LogP) is 2.89. The first kappa shape index (κ1) is 17.2. The van der Waals surface area contributed by atoms with Crippen molar-refractivity contribution < 1.29 is 0 Å². The summed E-state index contributed by atoms with van der Waals surface area (Å²) < 4.78 is 0. The van der Waals surface area contributed by atoms with E-state index in [1.54, 1.807) is 0 Å². The highest BCUT2D eigenvalue weighted by Crippen LogP contribution is 2.22. The van der Waals surface area contributed by atoms with Crippen LogP contribution in [0, 0.1) is 11.8 Å². The van der Waals surface area contributed by atoms with Gasteiger partial charge in [0.15, 0.2) is 0 Å². The fraction of sp³-hybridized carbons (Fsp3) is 0.500. The molecule has 0 aromatic carbocycles. The van der Waals surface area contributed by atoms with Crippen LogP contribution in [-0.4, -0.2) is 11.0 Å². The molecule has 100 valence electrons. The molecule has 1 aliphatic carbocycles. The average Bonchev–Trinajstić information content (AvgIpc) is 2.29. The molecule has 1 aromatic heterocycles. The van der Waals surface area contributed by atoms with E-state index in [4.69, 9.17) is 5.73 Å². The molecule has 2 nitrogen and oxygen atoms in total. The number of rotatable bonds is 1. The average molecular weight is 287 g/mol. The lowest BCUT2D eigenvalue weighted by atomic mass is 9.90. The summed E-state index contributed by atoms with van der Waals surface area (Å²) >= 11 is 0. The van der Waals surface area contributed by atoms with Crippen molar-refractivity contribution in [2.45, 2.75) is 45.1 Å². The first-order chi connectivity index (χ1) is 7.77. The van der Waals surface area contributed by atoms with E-state index < -0.39 is 0 Å². The van der Waals surface area contributed by atoms with Crippen LogP contribution < -0.4 is 5.73 Å². The summed E-state index contributed by atoms with van der Waals surface area (Å²) in [6.07, 6.45) is 9.50. The predicted molar refractivity (Wildman–Crippen MR) is 80.5 cm³/mol. The van der Waals surface area contributed by atoms with E-state index in [2.05, 4.69) is 16.8 Å². The van der Waals surface area contributed by atoms with Crippen LogP contribution in [0.5, 0.6) is 0 Å². The van der Waals surface area contributed by atoms with Gasteiger partial charge >= 0.3 is 0 Å². The molecule has 0 bridgehead atoms. The molecule has 0 aliphatic heterocycles. The standard InChI is InChI=1S/C14H18N2.2ClH/c1-11(15)5-4-7-13-10-16-9-12-6-2-3-8-14(12)13;;/h9-11H,2-3,5-6,8,15H2,1H3;2*1H/t11-;;/m0../s1. The minimum atomic E-state index is 0. The van der Waals surface area contributed by atoms with Crippen molar-refractivity contribution in [3.63, 3.8) is 0 Å². The van der Waals surface area contributed by atoms with E-state index in [0.29, 0.717) is 0 Å². The third kappa shape index (κ3) is 4.49. The number of fused-ring (bicyclic) bond motifs is 1. The Morgan fingerprint density at radius 3 is 2.72 bits per heavy atom. The highest BCUT2D eigenvalue weighted by Gasteiger charge is 2.11. The van der Waals surface area contributed by atoms with E-state index in [0.717, 1.165) is 24.8 Å². The maximum Gasteiger partial charge on any atom is 0.0463 e. The molecule has 2 rings (SSSR count). The van der Waals surface area contributed by atoms with Gasteiger partial charge in [0.2, 0.25) is 0 Å². The van der Waals surface area contributed by atoms with Crippen LogP contribution >= 0.6 is 24.8 Å². The molecular weight excluding hydrogens is 267 g/mol. The molecule has 1 heterocycles. The van der Waals surface area contributed by atoms with Gasteiger partial charge in [-0.1, -0.05) is 11.8 Å². The summed E-state index contributed by atoms with van der Waals surface area (Å²) in [7, 11) is 0. The molecule has 0 saturated heterocycles. The topological polar surface area (TPSA) is 38.9 Å². The lowest BCUT2D eigenvalue weighted by Crippen LogP contribution is -2.13. The Morgan fingerprint density at radius 2 is 2.00 bits per heavy atom. The number of hydrogen-bond donors (Lipinski definition) is 1. The first-order valence-electron chi connectivity index (χ1n) is 5.97. The number of nitrogens with zero attached hydrogens (tertiary/aromatic N) is 1. The molecule has 0 saturated carbocycles. The Morgan fingerprint density at radius 1 is 1.28 bits per heavy atom. The van der Waals surface area contributed by atoms with Crippen LogP contribution in [-0.2, 0) is 12.8 Å². The molecule has 0 fully saturated rings. The minimum Gasteiger partial charge on any atom is -0.327 e. The van der Waals surface area contributed by atoms with Gasteiger partial charge in [-0.2, -0.15) is 0 Å². The van der Waals surface area contributed by atoms with Gasteiger partial charge in [-0.3, -0.25) is 4.98 Å². The first-order valence-corrected chi connectivity index (χ1v) is 5.97. The normalized spacial score (nSPS) is 14.1. The van der Waals surface area contributed by atoms with Crippen molar-refractivity contribution in [3.8, 4) is 11.8 Å². The minimum absolute atomic E-state index is 0. The van der Waals surface area contributed by atoms with Gasteiger partial charge in [0, 0.05) is 30.4 Å². The van der Waals surface area contributed by atoms with E-state index in [1.165, 1.54) is 24.0 Å². The molecule has 0 spiro atoms. The number of aromatic nitrogens is 1. The lowest BCUT2D eigenvalue weighted by Gasteiger charge is -2.15. The number of aryl methyl sites for hydroxylation is 1. The Kier molecular flexibility index (Phi) is 8.02. The Labute approximate surface area is 122 Å². The van der Waals surface area contributed by atoms with Gasteiger partial charge in [-0.25, -0.2) is 0 Å². The molecule has 1 atom stereocenters. The van der Waals surface area contributed by atoms with Gasteiger partial charge < -0.3 is 5.73 Å². The SMILES string of the molecule is C[C@H](N)CC#Cc1cncc2c1CCCC2.Cl.Cl. The third-order valence-corrected chi connectivity index (χ3v) is 2.92. The van der Waals surface area contributed by atoms with Crippen LogP contribution in [0.3, 0.4) is 0 Å². The van der Waals surface area contributed by atoms with Crippen molar-refractivity contribution in [2.24, 2.45) is 5.73 Å². The van der Waals surface area contributed by atoms with E-state index in [1.807, 2.05) is 19.3 Å². The lowest BCUT2D eigenvalue weighted by molar-refractivity contribution is 0.680. The Bertz CT molecular complexity index is 433. The largest absolute Gasteiger partial charge is 0.327 e. The molecule has 0 amide bonds. The van der Waals surface area contributed by atoms with Gasteiger partial charge in [0.25, 0.3) is 0 Å². The maximum atomic E-state index is 5.68. The molecule has 4 heteroatoms. The number of halogens is 2. The highest BCUT2D eigenvalue weighted by atomic mass is 35.5. The molecule has 0 radical (unpaired) electrons. The zero-order valence-corrected chi connectivity index (χ0v) is 12.2. The second-order valence-corrected chi connectivity index (χ2v) is 4.52. The number of hydrogen-bond acceptors (Lipinski definition) is 2. The van der Waals surface area contributed by atoms with Crippen molar-refractivity contribution in [3.05, 3.63) is 29.1 Å². The summed E-state index contributed by atoms with van der Waals surface area (Å²) in [6.45, 7) is 1.98. The second-order valence-electron chi connectivity index (χ2n) is 4.52. The molecular formula is C14H20Cl2N2. The van der Waals surface area contributed by atoms with Crippen molar-refractivity contribution in [1.29, 1.82) is 0 Å². The monoisotopic (exact) mass is 286 g/mol. The molecule has 1 aromatic rings.